The fourth-order valence-electron chi connectivity index (χ4n) is 4.57. The maximum Gasteiger partial charge on any atom is 0.196 e. The van der Waals surface area contributed by atoms with Crippen LogP contribution in [0.3, 0.4) is 0 Å². The Morgan fingerprint density at radius 1 is 0.879 bits per heavy atom. The summed E-state index contributed by atoms with van der Waals surface area (Å²) >= 11 is 0. The largest absolute Gasteiger partial charge is 0.497 e. The van der Waals surface area contributed by atoms with E-state index in [-0.39, 0.29) is 17.1 Å². The van der Waals surface area contributed by atoms with Crippen LogP contribution in [0.4, 0.5) is 22.7 Å². The maximum atomic E-state index is 13.6. The summed E-state index contributed by atoms with van der Waals surface area (Å²) in [6.07, 6.45) is 0. The number of anilines is 4. The highest BCUT2D eigenvalue weighted by Crippen LogP contribution is 2.42. The number of nitrogens with one attached hydrogen (secondary N) is 1. The molecule has 1 saturated heterocycles. The summed E-state index contributed by atoms with van der Waals surface area (Å²) in [5, 5.41) is 3.36. The van der Waals surface area contributed by atoms with E-state index < -0.39 is 0 Å². The lowest BCUT2D eigenvalue weighted by Gasteiger charge is -2.36. The number of rotatable bonds is 4. The van der Waals surface area contributed by atoms with Crippen molar-refractivity contribution in [2.75, 3.05) is 56.3 Å². The molecule has 5 rings (SSSR count). The number of nitrogens with two attached hydrogens (primary N) is 1. The van der Waals surface area contributed by atoms with Crippen molar-refractivity contribution in [2.24, 2.45) is 0 Å². The van der Waals surface area contributed by atoms with Gasteiger partial charge in [0.1, 0.15) is 5.75 Å². The highest BCUT2D eigenvalue weighted by Gasteiger charge is 2.35. The topological polar surface area (TPSA) is 87.9 Å². The molecule has 0 bridgehead atoms. The van der Waals surface area contributed by atoms with Crippen molar-refractivity contribution in [2.45, 2.75) is 0 Å². The van der Waals surface area contributed by atoms with Gasteiger partial charge in [0.05, 0.1) is 35.3 Å². The number of carbonyl (C=O) groups excluding carboxylic acids is 2. The molecule has 2 aliphatic rings. The first-order valence-electron chi connectivity index (χ1n) is 11.0. The second-order valence-electron chi connectivity index (χ2n) is 8.46. The molecular weight excluding hydrogens is 416 g/mol. The van der Waals surface area contributed by atoms with Crippen LogP contribution in [0.1, 0.15) is 31.8 Å². The van der Waals surface area contributed by atoms with Crippen LogP contribution in [-0.2, 0) is 0 Å². The summed E-state index contributed by atoms with van der Waals surface area (Å²) in [6, 6.07) is 16.3. The van der Waals surface area contributed by atoms with E-state index >= 15 is 0 Å². The first kappa shape index (κ1) is 21.0. The third kappa shape index (κ3) is 3.60. The zero-order valence-electron chi connectivity index (χ0n) is 18.7. The number of hydrogen-bond acceptors (Lipinski definition) is 7. The molecule has 168 valence electrons. The molecule has 33 heavy (non-hydrogen) atoms. The maximum absolute atomic E-state index is 13.6. The Kier molecular flexibility index (Phi) is 5.26. The van der Waals surface area contributed by atoms with Gasteiger partial charge in [-0.15, -0.1) is 0 Å². The summed E-state index contributed by atoms with van der Waals surface area (Å²) < 4.78 is 5.34. The van der Waals surface area contributed by atoms with Crippen molar-refractivity contribution in [3.05, 3.63) is 76.9 Å². The zero-order valence-corrected chi connectivity index (χ0v) is 18.7. The van der Waals surface area contributed by atoms with Crippen LogP contribution < -0.4 is 20.7 Å². The Morgan fingerprint density at radius 3 is 2.21 bits per heavy atom. The third-order valence-corrected chi connectivity index (χ3v) is 6.41. The Bertz CT molecular complexity index is 1260. The molecule has 3 aromatic carbocycles. The summed E-state index contributed by atoms with van der Waals surface area (Å²) in [4.78, 5) is 31.6. The fourth-order valence-corrected chi connectivity index (χ4v) is 4.57. The van der Waals surface area contributed by atoms with E-state index in [1.807, 2.05) is 30.3 Å². The summed E-state index contributed by atoms with van der Waals surface area (Å²) in [5.41, 5.74) is 10.4. The molecule has 0 unspecified atom stereocenters. The Labute approximate surface area is 192 Å². The second kappa shape index (κ2) is 8.26. The number of ketones is 2. The lowest BCUT2D eigenvalue weighted by molar-refractivity contribution is 0.0980. The second-order valence-corrected chi connectivity index (χ2v) is 8.46. The van der Waals surface area contributed by atoms with E-state index in [9.17, 15) is 9.59 Å². The van der Waals surface area contributed by atoms with Crippen LogP contribution in [0.15, 0.2) is 54.6 Å². The number of piperazine rings is 1. The molecule has 1 heterocycles. The molecule has 3 aromatic rings. The number of ether oxygens (including phenoxy) is 1. The minimum atomic E-state index is -0.220. The van der Waals surface area contributed by atoms with Gasteiger partial charge in [-0.05, 0) is 25.2 Å². The minimum Gasteiger partial charge on any atom is -0.497 e. The number of benzene rings is 3. The average molecular weight is 443 g/mol. The minimum absolute atomic E-state index is 0.206. The number of likely N-dealkylation sites (N-methyl/N-ethyl adjacent to an activating group) is 1. The first-order valence-corrected chi connectivity index (χ1v) is 11.0. The molecule has 0 aromatic heterocycles. The van der Waals surface area contributed by atoms with Crippen LogP contribution >= 0.6 is 0 Å². The third-order valence-electron chi connectivity index (χ3n) is 6.41. The van der Waals surface area contributed by atoms with Gasteiger partial charge in [0.2, 0.25) is 0 Å². The Balaban J connectivity index is 1.69. The standard InChI is InChI=1S/C26H26N4O3/c1-29-10-12-30(13-11-29)21-15-20(28-16-6-5-7-17(14-16)33-2)22-23(24(21)27)26(32)19-9-4-3-8-18(19)25(22)31/h3-9,14-15,28H,10-13,27H2,1-2H3. The van der Waals surface area contributed by atoms with Crippen molar-refractivity contribution < 1.29 is 14.3 Å². The fraction of sp³-hybridized carbons (Fsp3) is 0.231. The first-order chi connectivity index (χ1) is 16.0. The highest BCUT2D eigenvalue weighted by molar-refractivity contribution is 6.32. The van der Waals surface area contributed by atoms with Gasteiger partial charge in [-0.2, -0.15) is 0 Å². The predicted molar refractivity (Wildman–Crippen MR) is 130 cm³/mol. The molecule has 0 spiro atoms. The Hall–Kier alpha value is -3.84. The van der Waals surface area contributed by atoms with Gasteiger partial charge >= 0.3 is 0 Å². The zero-order chi connectivity index (χ0) is 23.1. The van der Waals surface area contributed by atoms with Crippen LogP contribution in [-0.4, -0.2) is 56.8 Å². The van der Waals surface area contributed by atoms with Crippen molar-refractivity contribution in [1.29, 1.82) is 0 Å². The number of nitrogen functional groups attached to an aromatic ring is 1. The number of carbonyl (C=O) groups is 2. The van der Waals surface area contributed by atoms with E-state index in [2.05, 4.69) is 22.2 Å². The van der Waals surface area contributed by atoms with E-state index in [0.717, 1.165) is 37.6 Å². The van der Waals surface area contributed by atoms with E-state index in [4.69, 9.17) is 10.5 Å². The van der Waals surface area contributed by atoms with Gasteiger partial charge in [-0.25, -0.2) is 0 Å². The lowest BCUT2D eigenvalue weighted by atomic mass is 9.81. The number of methoxy groups -OCH3 is 1. The van der Waals surface area contributed by atoms with Gasteiger partial charge in [0.25, 0.3) is 0 Å². The van der Waals surface area contributed by atoms with Crippen molar-refractivity contribution in [3.8, 4) is 5.75 Å². The van der Waals surface area contributed by atoms with Gasteiger partial charge < -0.3 is 25.6 Å². The molecule has 1 aliphatic heterocycles. The predicted octanol–water partition coefficient (Wildman–Crippen LogP) is 3.55. The quantitative estimate of drug-likeness (QED) is 0.467. The Morgan fingerprint density at radius 2 is 1.55 bits per heavy atom. The smallest absolute Gasteiger partial charge is 0.196 e. The number of fused-ring (bicyclic) bond motifs is 2. The monoisotopic (exact) mass is 442 g/mol. The molecule has 0 atom stereocenters. The molecule has 3 N–H and O–H groups in total. The van der Waals surface area contributed by atoms with Crippen molar-refractivity contribution >= 4 is 34.3 Å². The van der Waals surface area contributed by atoms with Crippen LogP contribution in [0.2, 0.25) is 0 Å². The van der Waals surface area contributed by atoms with Gasteiger partial charge in [-0.3, -0.25) is 9.59 Å². The average Bonchev–Trinajstić information content (AvgIpc) is 2.84. The van der Waals surface area contributed by atoms with E-state index in [0.29, 0.717) is 33.8 Å². The lowest BCUT2D eigenvalue weighted by Crippen LogP contribution is -2.45. The highest BCUT2D eigenvalue weighted by atomic mass is 16.5. The summed E-state index contributed by atoms with van der Waals surface area (Å²) in [6.45, 7) is 3.36. The van der Waals surface area contributed by atoms with Crippen LogP contribution in [0.25, 0.3) is 0 Å². The molecule has 1 aliphatic carbocycles. The molecule has 0 saturated carbocycles. The SMILES string of the molecule is COc1cccc(Nc2cc(N3CCN(C)CC3)c(N)c3c2C(=O)c2ccccc2C3=O)c1. The van der Waals surface area contributed by atoms with Crippen molar-refractivity contribution in [1.82, 2.24) is 4.90 Å². The number of nitrogens with zero attached hydrogens (tertiary/aromatic N) is 2. The van der Waals surface area contributed by atoms with Crippen LogP contribution in [0, 0.1) is 0 Å². The molecule has 1 fully saturated rings. The normalized spacial score (nSPS) is 15.8. The molecule has 0 radical (unpaired) electrons. The molecular formula is C26H26N4O3. The van der Waals surface area contributed by atoms with Gasteiger partial charge in [-0.1, -0.05) is 30.3 Å². The number of hydrogen-bond donors (Lipinski definition) is 2. The molecule has 7 heteroatoms. The van der Waals surface area contributed by atoms with E-state index in [1.54, 1.807) is 31.4 Å². The summed E-state index contributed by atoms with van der Waals surface area (Å²) in [7, 11) is 3.69. The van der Waals surface area contributed by atoms with E-state index in [1.165, 1.54) is 0 Å². The van der Waals surface area contributed by atoms with Crippen LogP contribution in [0.5, 0.6) is 5.75 Å². The van der Waals surface area contributed by atoms with Gasteiger partial charge in [0.15, 0.2) is 11.6 Å². The molecule has 7 nitrogen and oxygen atoms in total. The summed E-state index contributed by atoms with van der Waals surface area (Å²) in [5.74, 6) is 0.265. The molecule has 0 amide bonds. The van der Waals surface area contributed by atoms with Crippen molar-refractivity contribution in [3.63, 3.8) is 0 Å². The van der Waals surface area contributed by atoms with Gasteiger partial charge in [0, 0.05) is 49.1 Å².